The van der Waals surface area contributed by atoms with Gasteiger partial charge in [0.15, 0.2) is 0 Å². The summed E-state index contributed by atoms with van der Waals surface area (Å²) in [5.74, 6) is 0.901. The van der Waals surface area contributed by atoms with Crippen LogP contribution in [-0.2, 0) is 4.79 Å². The monoisotopic (exact) mass is 269 g/mol. The maximum atomic E-state index is 12.4. The second-order valence-corrected chi connectivity index (χ2v) is 6.50. The molecule has 0 aromatic carbocycles. The Morgan fingerprint density at radius 2 is 2.00 bits per heavy atom. The van der Waals surface area contributed by atoms with Crippen LogP contribution in [0.15, 0.2) is 0 Å². The number of likely N-dealkylation sites (N-methyl/N-ethyl adjacent to an activating group) is 1. The summed E-state index contributed by atoms with van der Waals surface area (Å²) in [4.78, 5) is 14.6. The predicted molar refractivity (Wildman–Crippen MR) is 79.9 cm³/mol. The number of nitrogens with two attached hydrogens (primary N) is 1. The Kier molecular flexibility index (Phi) is 6.27. The average molecular weight is 269 g/mol. The smallest absolute Gasteiger partial charge is 0.227 e. The molecule has 0 aliphatic heterocycles. The Hall–Kier alpha value is -0.610. The van der Waals surface area contributed by atoms with Crippen molar-refractivity contribution in [3.05, 3.63) is 0 Å². The maximum absolute atomic E-state index is 12.4. The third-order valence-electron chi connectivity index (χ3n) is 4.74. The fourth-order valence-corrected chi connectivity index (χ4v) is 2.63. The molecular weight excluding hydrogens is 238 g/mol. The number of carbonyl (C=O) groups excluding carboxylic acids is 1. The number of nitrogens with one attached hydrogen (secondary N) is 1. The van der Waals surface area contributed by atoms with Crippen molar-refractivity contribution in [3.63, 3.8) is 0 Å². The minimum atomic E-state index is -0.303. The third-order valence-corrected chi connectivity index (χ3v) is 4.74. The first kappa shape index (κ1) is 16.4. The van der Waals surface area contributed by atoms with Crippen LogP contribution in [0.1, 0.15) is 46.5 Å². The molecule has 4 heteroatoms. The van der Waals surface area contributed by atoms with Crippen LogP contribution in [-0.4, -0.2) is 43.5 Å². The fourth-order valence-electron chi connectivity index (χ4n) is 2.63. The van der Waals surface area contributed by atoms with Crippen molar-refractivity contribution < 1.29 is 4.79 Å². The van der Waals surface area contributed by atoms with E-state index in [2.05, 4.69) is 38.0 Å². The van der Waals surface area contributed by atoms with E-state index in [-0.39, 0.29) is 11.3 Å². The minimum Gasteiger partial charge on any atom is -0.354 e. The van der Waals surface area contributed by atoms with E-state index in [0.717, 1.165) is 38.1 Å². The van der Waals surface area contributed by atoms with Gasteiger partial charge in [-0.2, -0.15) is 0 Å². The zero-order valence-corrected chi connectivity index (χ0v) is 13.0. The second kappa shape index (κ2) is 7.25. The van der Waals surface area contributed by atoms with Gasteiger partial charge in [-0.1, -0.05) is 6.92 Å². The van der Waals surface area contributed by atoms with E-state index in [1.165, 1.54) is 0 Å². The number of hydrogen-bond donors (Lipinski definition) is 2. The maximum Gasteiger partial charge on any atom is 0.227 e. The summed E-state index contributed by atoms with van der Waals surface area (Å²) in [5.41, 5.74) is 5.59. The number of carbonyl (C=O) groups is 1. The van der Waals surface area contributed by atoms with Gasteiger partial charge in [0.25, 0.3) is 0 Å². The lowest BCUT2D eigenvalue weighted by atomic mass is 9.70. The molecule has 0 heterocycles. The Labute approximate surface area is 118 Å². The van der Waals surface area contributed by atoms with Crippen LogP contribution in [0, 0.1) is 11.3 Å². The zero-order chi connectivity index (χ0) is 14.5. The first-order chi connectivity index (χ1) is 8.91. The van der Waals surface area contributed by atoms with Crippen molar-refractivity contribution in [1.82, 2.24) is 10.2 Å². The van der Waals surface area contributed by atoms with Gasteiger partial charge in [0.1, 0.15) is 0 Å². The summed E-state index contributed by atoms with van der Waals surface area (Å²) in [6.07, 6.45) is 4.13. The van der Waals surface area contributed by atoms with Crippen molar-refractivity contribution in [2.45, 2.75) is 52.5 Å². The molecule has 0 saturated heterocycles. The number of hydrogen-bond acceptors (Lipinski definition) is 3. The minimum absolute atomic E-state index is 0.166. The Morgan fingerprint density at radius 1 is 1.42 bits per heavy atom. The summed E-state index contributed by atoms with van der Waals surface area (Å²) in [6, 6.07) is 0.510. The van der Waals surface area contributed by atoms with Crippen molar-refractivity contribution in [1.29, 1.82) is 0 Å². The Balaban J connectivity index is 2.42. The number of nitrogens with zero attached hydrogens (tertiary/aromatic N) is 1. The van der Waals surface area contributed by atoms with Gasteiger partial charge in [-0.25, -0.2) is 0 Å². The van der Waals surface area contributed by atoms with E-state index in [0.29, 0.717) is 19.1 Å². The molecule has 0 aromatic heterocycles. The highest BCUT2D eigenvalue weighted by Crippen LogP contribution is 2.38. The first-order valence-corrected chi connectivity index (χ1v) is 7.60. The lowest BCUT2D eigenvalue weighted by Gasteiger charge is -2.37. The molecule has 1 fully saturated rings. The molecule has 1 saturated carbocycles. The van der Waals surface area contributed by atoms with Crippen molar-refractivity contribution in [2.24, 2.45) is 17.1 Å². The molecule has 1 aliphatic carbocycles. The van der Waals surface area contributed by atoms with Crippen molar-refractivity contribution in [3.8, 4) is 0 Å². The van der Waals surface area contributed by atoms with Crippen LogP contribution in [0.4, 0.5) is 0 Å². The Morgan fingerprint density at radius 3 is 2.47 bits per heavy atom. The van der Waals surface area contributed by atoms with Crippen molar-refractivity contribution in [2.75, 3.05) is 26.7 Å². The van der Waals surface area contributed by atoms with E-state index < -0.39 is 0 Å². The molecule has 19 heavy (non-hydrogen) atoms. The third kappa shape index (κ3) is 4.46. The highest BCUT2D eigenvalue weighted by Gasteiger charge is 2.39. The lowest BCUT2D eigenvalue weighted by Crippen LogP contribution is -2.49. The summed E-state index contributed by atoms with van der Waals surface area (Å²) < 4.78 is 0. The van der Waals surface area contributed by atoms with Crippen molar-refractivity contribution >= 4 is 5.91 Å². The molecule has 1 aliphatic rings. The topological polar surface area (TPSA) is 58.4 Å². The van der Waals surface area contributed by atoms with Gasteiger partial charge in [-0.05, 0) is 52.5 Å². The average Bonchev–Trinajstić information content (AvgIpc) is 2.39. The van der Waals surface area contributed by atoms with Crippen LogP contribution in [0.2, 0.25) is 0 Å². The lowest BCUT2D eigenvalue weighted by molar-refractivity contribution is -0.132. The van der Waals surface area contributed by atoms with E-state index in [1.807, 2.05) is 0 Å². The Bertz CT molecular complexity index is 283. The first-order valence-electron chi connectivity index (χ1n) is 7.60. The van der Waals surface area contributed by atoms with Crippen LogP contribution >= 0.6 is 0 Å². The summed E-state index contributed by atoms with van der Waals surface area (Å²) in [6.45, 7) is 8.66. The van der Waals surface area contributed by atoms with E-state index in [9.17, 15) is 4.79 Å². The molecule has 1 amide bonds. The van der Waals surface area contributed by atoms with Gasteiger partial charge in [-0.15, -0.1) is 0 Å². The molecule has 1 rings (SSSR count). The summed E-state index contributed by atoms with van der Waals surface area (Å²) in [7, 11) is 2.08. The highest BCUT2D eigenvalue weighted by atomic mass is 16.2. The molecule has 112 valence electrons. The molecule has 4 nitrogen and oxygen atoms in total. The molecule has 0 atom stereocenters. The largest absolute Gasteiger partial charge is 0.354 e. The summed E-state index contributed by atoms with van der Waals surface area (Å²) >= 11 is 0. The van der Waals surface area contributed by atoms with Crippen LogP contribution in [0.5, 0.6) is 0 Å². The van der Waals surface area contributed by atoms with Gasteiger partial charge in [-0.3, -0.25) is 4.79 Å². The van der Waals surface area contributed by atoms with Crippen LogP contribution in [0.25, 0.3) is 0 Å². The molecule has 0 radical (unpaired) electrons. The molecule has 0 aromatic rings. The van der Waals surface area contributed by atoms with Gasteiger partial charge in [0.05, 0.1) is 5.41 Å². The normalized spacial score (nSPS) is 27.8. The predicted octanol–water partition coefficient (Wildman–Crippen LogP) is 1.60. The molecule has 0 unspecified atom stereocenters. The summed E-state index contributed by atoms with van der Waals surface area (Å²) in [5, 5.41) is 3.08. The van der Waals surface area contributed by atoms with Crippen LogP contribution in [0.3, 0.4) is 0 Å². The molecule has 0 spiro atoms. The van der Waals surface area contributed by atoms with Gasteiger partial charge < -0.3 is 16.0 Å². The molecule has 3 N–H and O–H groups in total. The fraction of sp³-hybridized carbons (Fsp3) is 0.933. The van der Waals surface area contributed by atoms with E-state index in [1.54, 1.807) is 0 Å². The number of rotatable bonds is 6. The number of amides is 1. The van der Waals surface area contributed by atoms with E-state index in [4.69, 9.17) is 5.73 Å². The zero-order valence-electron chi connectivity index (χ0n) is 13.0. The quantitative estimate of drug-likeness (QED) is 0.770. The van der Waals surface area contributed by atoms with E-state index >= 15 is 0 Å². The van der Waals surface area contributed by atoms with Gasteiger partial charge >= 0.3 is 0 Å². The highest BCUT2D eigenvalue weighted by molar-refractivity contribution is 5.83. The van der Waals surface area contributed by atoms with Gasteiger partial charge in [0.2, 0.25) is 5.91 Å². The van der Waals surface area contributed by atoms with Gasteiger partial charge in [0, 0.05) is 25.7 Å². The molecular formula is C15H31N3O. The second-order valence-electron chi connectivity index (χ2n) is 6.50. The molecule has 0 bridgehead atoms. The van der Waals surface area contributed by atoms with Crippen LogP contribution < -0.4 is 11.1 Å². The standard InChI is InChI=1S/C15H31N3O/c1-12(2)18(4)10-9-17-14(19)15(11-16)7-5-13(3)6-8-15/h12-13H,5-11,16H2,1-4H3,(H,17,19). The SMILES string of the molecule is CC1CCC(CN)(C(=O)NCCN(C)C(C)C)CC1.